The summed E-state index contributed by atoms with van der Waals surface area (Å²) in [6.45, 7) is 6.38. The van der Waals surface area contributed by atoms with E-state index in [1.54, 1.807) is 11.3 Å². The fourth-order valence-corrected chi connectivity index (χ4v) is 1.93. The van der Waals surface area contributed by atoms with Crippen molar-refractivity contribution in [3.05, 3.63) is 5.01 Å². The van der Waals surface area contributed by atoms with E-state index in [-0.39, 0.29) is 0 Å². The van der Waals surface area contributed by atoms with Crippen LogP contribution in [0.5, 0.6) is 0 Å². The van der Waals surface area contributed by atoms with Gasteiger partial charge in [0.25, 0.3) is 0 Å². The minimum absolute atomic E-state index is 0.553. The predicted molar refractivity (Wildman–Crippen MR) is 57.3 cm³/mol. The Kier molecular flexibility index (Phi) is 4.15. The maximum absolute atomic E-state index is 4.04. The molecule has 0 bridgehead atoms. The summed E-state index contributed by atoms with van der Waals surface area (Å²) in [5.41, 5.74) is 0. The van der Waals surface area contributed by atoms with Crippen molar-refractivity contribution in [2.75, 3.05) is 5.32 Å². The van der Waals surface area contributed by atoms with E-state index in [0.717, 1.165) is 16.6 Å². The van der Waals surface area contributed by atoms with Crippen molar-refractivity contribution in [1.29, 1.82) is 0 Å². The Morgan fingerprint density at radius 3 is 2.62 bits per heavy atom. The number of hydrogen-bond donors (Lipinski definition) is 1. The second-order valence-corrected chi connectivity index (χ2v) is 4.35. The van der Waals surface area contributed by atoms with Crippen LogP contribution in [0.3, 0.4) is 0 Å². The van der Waals surface area contributed by atoms with Gasteiger partial charge in [0.2, 0.25) is 5.13 Å². The lowest BCUT2D eigenvalue weighted by Crippen LogP contribution is -2.17. The van der Waals surface area contributed by atoms with Gasteiger partial charge < -0.3 is 5.32 Å². The van der Waals surface area contributed by atoms with Crippen LogP contribution in [0.4, 0.5) is 5.13 Å². The molecule has 1 aromatic rings. The maximum atomic E-state index is 4.04. The van der Waals surface area contributed by atoms with Crippen LogP contribution in [0, 0.1) is 6.92 Å². The minimum Gasteiger partial charge on any atom is -0.357 e. The van der Waals surface area contributed by atoms with E-state index < -0.39 is 0 Å². The Morgan fingerprint density at radius 2 is 2.15 bits per heavy atom. The number of nitrogens with zero attached hydrogens (tertiary/aromatic N) is 2. The van der Waals surface area contributed by atoms with E-state index in [0.29, 0.717) is 6.04 Å². The van der Waals surface area contributed by atoms with E-state index in [1.807, 2.05) is 6.92 Å². The second kappa shape index (κ2) is 5.17. The fourth-order valence-electron chi connectivity index (χ4n) is 1.26. The molecule has 13 heavy (non-hydrogen) atoms. The van der Waals surface area contributed by atoms with Crippen molar-refractivity contribution < 1.29 is 0 Å². The van der Waals surface area contributed by atoms with Gasteiger partial charge in [-0.2, -0.15) is 0 Å². The van der Waals surface area contributed by atoms with Gasteiger partial charge in [-0.05, 0) is 19.8 Å². The average Bonchev–Trinajstić information content (AvgIpc) is 2.50. The lowest BCUT2D eigenvalue weighted by molar-refractivity contribution is 0.621. The summed E-state index contributed by atoms with van der Waals surface area (Å²) in [4.78, 5) is 0. The molecule has 1 atom stereocenters. The van der Waals surface area contributed by atoms with Crippen LogP contribution in [0.15, 0.2) is 0 Å². The summed E-state index contributed by atoms with van der Waals surface area (Å²) < 4.78 is 0. The van der Waals surface area contributed by atoms with E-state index in [9.17, 15) is 0 Å². The lowest BCUT2D eigenvalue weighted by Gasteiger charge is -2.13. The quantitative estimate of drug-likeness (QED) is 0.792. The zero-order valence-corrected chi connectivity index (χ0v) is 9.32. The molecule has 0 amide bonds. The zero-order chi connectivity index (χ0) is 9.68. The molecule has 1 unspecified atom stereocenters. The van der Waals surface area contributed by atoms with Gasteiger partial charge >= 0.3 is 0 Å². The molecule has 0 spiro atoms. The third-order valence-electron chi connectivity index (χ3n) is 1.98. The van der Waals surface area contributed by atoms with Gasteiger partial charge in [-0.25, -0.2) is 0 Å². The fraction of sp³-hybridized carbons (Fsp3) is 0.778. The molecule has 0 fully saturated rings. The van der Waals surface area contributed by atoms with Gasteiger partial charge in [-0.3, -0.25) is 0 Å². The van der Waals surface area contributed by atoms with Crippen LogP contribution in [0.25, 0.3) is 0 Å². The molecule has 0 radical (unpaired) electrons. The van der Waals surface area contributed by atoms with Crippen LogP contribution in [-0.2, 0) is 0 Å². The first kappa shape index (κ1) is 10.4. The molecule has 3 nitrogen and oxygen atoms in total. The molecule has 0 aliphatic carbocycles. The largest absolute Gasteiger partial charge is 0.357 e. The zero-order valence-electron chi connectivity index (χ0n) is 8.50. The topological polar surface area (TPSA) is 37.8 Å². The summed E-state index contributed by atoms with van der Waals surface area (Å²) in [6.07, 6.45) is 3.56. The molecule has 0 aliphatic rings. The predicted octanol–water partition coefficient (Wildman–Crippen LogP) is 2.84. The van der Waals surface area contributed by atoms with Crippen LogP contribution in [-0.4, -0.2) is 16.2 Å². The van der Waals surface area contributed by atoms with Gasteiger partial charge in [-0.1, -0.05) is 31.6 Å². The highest BCUT2D eigenvalue weighted by Gasteiger charge is 2.07. The SMILES string of the molecule is CCCC(CC)Nc1nnc(C)s1. The number of anilines is 1. The Hall–Kier alpha value is -0.640. The Labute approximate surface area is 83.6 Å². The molecule has 0 aromatic carbocycles. The minimum atomic E-state index is 0.553. The number of aryl methyl sites for hydroxylation is 1. The average molecular weight is 199 g/mol. The van der Waals surface area contributed by atoms with Crippen LogP contribution in [0.2, 0.25) is 0 Å². The van der Waals surface area contributed by atoms with Crippen LogP contribution < -0.4 is 5.32 Å². The molecule has 0 saturated heterocycles. The van der Waals surface area contributed by atoms with Crippen LogP contribution in [0.1, 0.15) is 38.1 Å². The number of aromatic nitrogens is 2. The standard InChI is InChI=1S/C9H17N3S/c1-4-6-8(5-2)10-9-12-11-7(3)13-9/h8H,4-6H2,1-3H3,(H,10,12). The van der Waals surface area contributed by atoms with Crippen molar-refractivity contribution in [2.45, 2.75) is 46.1 Å². The van der Waals surface area contributed by atoms with E-state index in [2.05, 4.69) is 29.4 Å². The van der Waals surface area contributed by atoms with Crippen molar-refractivity contribution in [3.63, 3.8) is 0 Å². The van der Waals surface area contributed by atoms with Crippen molar-refractivity contribution >= 4 is 16.5 Å². The first-order valence-corrected chi connectivity index (χ1v) is 5.64. The Bertz CT molecular complexity index is 247. The maximum Gasteiger partial charge on any atom is 0.205 e. The highest BCUT2D eigenvalue weighted by molar-refractivity contribution is 7.15. The number of nitrogens with one attached hydrogen (secondary N) is 1. The third kappa shape index (κ3) is 3.30. The molecular formula is C9H17N3S. The van der Waals surface area contributed by atoms with Gasteiger partial charge in [0.15, 0.2) is 0 Å². The molecule has 0 aliphatic heterocycles. The van der Waals surface area contributed by atoms with Gasteiger partial charge in [0.1, 0.15) is 5.01 Å². The summed E-state index contributed by atoms with van der Waals surface area (Å²) in [5.74, 6) is 0. The molecule has 0 saturated carbocycles. The van der Waals surface area contributed by atoms with Crippen molar-refractivity contribution in [2.24, 2.45) is 0 Å². The Balaban J connectivity index is 2.46. The van der Waals surface area contributed by atoms with Crippen LogP contribution >= 0.6 is 11.3 Å². The highest BCUT2D eigenvalue weighted by Crippen LogP contribution is 2.17. The number of rotatable bonds is 5. The first-order valence-electron chi connectivity index (χ1n) is 4.82. The summed E-state index contributed by atoms with van der Waals surface area (Å²) in [6, 6.07) is 0.553. The van der Waals surface area contributed by atoms with E-state index >= 15 is 0 Å². The molecule has 4 heteroatoms. The Morgan fingerprint density at radius 1 is 1.38 bits per heavy atom. The third-order valence-corrected chi connectivity index (χ3v) is 2.75. The molecule has 1 rings (SSSR count). The van der Waals surface area contributed by atoms with E-state index in [4.69, 9.17) is 0 Å². The van der Waals surface area contributed by atoms with Gasteiger partial charge in [-0.15, -0.1) is 10.2 Å². The summed E-state index contributed by atoms with van der Waals surface area (Å²) in [7, 11) is 0. The van der Waals surface area contributed by atoms with Gasteiger partial charge in [0.05, 0.1) is 0 Å². The first-order chi connectivity index (χ1) is 6.26. The monoisotopic (exact) mass is 199 g/mol. The van der Waals surface area contributed by atoms with Gasteiger partial charge in [0, 0.05) is 6.04 Å². The van der Waals surface area contributed by atoms with E-state index in [1.165, 1.54) is 12.8 Å². The second-order valence-electron chi connectivity index (χ2n) is 3.16. The number of hydrogen-bond acceptors (Lipinski definition) is 4. The highest BCUT2D eigenvalue weighted by atomic mass is 32.1. The molecule has 1 aromatic heterocycles. The van der Waals surface area contributed by atoms with Crippen molar-refractivity contribution in [3.8, 4) is 0 Å². The van der Waals surface area contributed by atoms with Crippen molar-refractivity contribution in [1.82, 2.24) is 10.2 Å². The summed E-state index contributed by atoms with van der Waals surface area (Å²) in [5, 5.41) is 13.4. The molecule has 1 N–H and O–H groups in total. The smallest absolute Gasteiger partial charge is 0.205 e. The normalized spacial score (nSPS) is 12.8. The lowest BCUT2D eigenvalue weighted by atomic mass is 10.1. The molecule has 74 valence electrons. The molecular weight excluding hydrogens is 182 g/mol. The summed E-state index contributed by atoms with van der Waals surface area (Å²) >= 11 is 1.62. The molecule has 1 heterocycles.